The van der Waals surface area contributed by atoms with E-state index >= 15 is 0 Å². The number of amides is 6. The molecule has 3 heterocycles. The molecule has 30 nitrogen and oxygen atoms in total. The zero-order chi connectivity index (χ0) is 79.5. The average Bonchev–Trinajstić information content (AvgIpc) is 1.70. The summed E-state index contributed by atoms with van der Waals surface area (Å²) in [4.78, 5) is 190. The molecule has 6 rings (SSSR count). The van der Waals surface area contributed by atoms with Crippen molar-refractivity contribution in [2.24, 2.45) is 35.5 Å². The SMILES string of the molecule is CC(C)CC(CC(=O)[C@H](Cc1cnc[nH]1)NC(=O)CCC(=O)[C@@H](NC(=O)[C@H](C)CC(=O)[C@H](Cc1c[nH]c2ccccc12)NC(=O)[C@H](C)CC(=O)[C@@H](Cc1ccccc1)NC(=O)COCC(=O)Nc1ccc(CNC(=O)CN2CCN(CC(=O)O)CCN(COC=O)CCN(CC(=O)O)CC2)cc1)C(C)C)CC(C)C. The monoisotopic (exact) mass is 1510 g/mol. The van der Waals surface area contributed by atoms with Gasteiger partial charge in [-0.05, 0) is 77.8 Å². The van der Waals surface area contributed by atoms with Gasteiger partial charge in [-0.15, -0.1) is 0 Å². The maximum absolute atomic E-state index is 14.5. The number of carboxylic acid groups (broad SMARTS) is 2. The first-order valence-electron chi connectivity index (χ1n) is 37.5. The van der Waals surface area contributed by atoms with Crippen molar-refractivity contribution < 1.29 is 82.0 Å². The Morgan fingerprint density at radius 2 is 1.06 bits per heavy atom. The molecule has 2 aromatic heterocycles. The number of nitrogens with zero attached hydrogens (tertiary/aromatic N) is 5. The van der Waals surface area contributed by atoms with Crippen molar-refractivity contribution in [3.05, 3.63) is 120 Å². The van der Waals surface area contributed by atoms with Crippen molar-refractivity contribution >= 4 is 93.6 Å². The van der Waals surface area contributed by atoms with E-state index in [-0.39, 0.29) is 115 Å². The summed E-state index contributed by atoms with van der Waals surface area (Å²) in [6, 6.07) is 18.7. The Labute approximate surface area is 637 Å². The van der Waals surface area contributed by atoms with Gasteiger partial charge in [0.05, 0.1) is 50.1 Å². The van der Waals surface area contributed by atoms with Gasteiger partial charge in [0.2, 0.25) is 35.4 Å². The number of H-pyrrole nitrogens is 2. The lowest BCUT2D eigenvalue weighted by Gasteiger charge is -2.32. The van der Waals surface area contributed by atoms with Crippen molar-refractivity contribution in [1.29, 1.82) is 0 Å². The number of rotatable bonds is 46. The third-order valence-electron chi connectivity index (χ3n) is 19.0. The number of carbonyl (C=O) groups is 13. The molecule has 1 aliphatic rings. The number of hydrogen-bond donors (Lipinski definition) is 10. The number of imidazole rings is 1. The number of fused-ring (bicyclic) bond motifs is 1. The Morgan fingerprint density at radius 3 is 1.63 bits per heavy atom. The summed E-state index contributed by atoms with van der Waals surface area (Å²) in [6.07, 6.45) is 5.89. The molecule has 6 amide bonds. The molecule has 0 saturated carbocycles. The van der Waals surface area contributed by atoms with Gasteiger partial charge in [-0.3, -0.25) is 81.9 Å². The van der Waals surface area contributed by atoms with Crippen LogP contribution in [0.25, 0.3) is 10.9 Å². The van der Waals surface area contributed by atoms with Gasteiger partial charge < -0.3 is 61.6 Å². The van der Waals surface area contributed by atoms with Gasteiger partial charge in [0.15, 0.2) is 23.1 Å². The van der Waals surface area contributed by atoms with E-state index in [1.807, 2.05) is 29.2 Å². The van der Waals surface area contributed by atoms with E-state index in [4.69, 9.17) is 9.47 Å². The Hall–Kier alpha value is -9.88. The number of hydrogen-bond acceptors (Lipinski definition) is 20. The zero-order valence-electron chi connectivity index (χ0n) is 64.0. The van der Waals surface area contributed by atoms with Gasteiger partial charge in [0.1, 0.15) is 19.9 Å². The van der Waals surface area contributed by atoms with E-state index in [0.29, 0.717) is 85.6 Å². The third-order valence-corrected chi connectivity index (χ3v) is 19.0. The van der Waals surface area contributed by atoms with E-state index in [1.165, 1.54) is 20.2 Å². The third kappa shape index (κ3) is 32.5. The number of aliphatic carboxylic acids is 2. The molecular weight excluding hydrogens is 1400 g/mol. The molecule has 0 spiro atoms. The Balaban J connectivity index is 1.01. The van der Waals surface area contributed by atoms with Gasteiger partial charge in [0.25, 0.3) is 6.47 Å². The number of carbonyl (C=O) groups excluding carboxylic acids is 11. The predicted octanol–water partition coefficient (Wildman–Crippen LogP) is 4.51. The number of benzene rings is 3. The molecule has 30 heteroatoms. The summed E-state index contributed by atoms with van der Waals surface area (Å²) in [5.41, 5.74) is 3.92. The van der Waals surface area contributed by atoms with Crippen molar-refractivity contribution in [2.45, 2.75) is 150 Å². The minimum Gasteiger partial charge on any atom is -0.480 e. The molecular formula is C79H111N13O17. The van der Waals surface area contributed by atoms with Gasteiger partial charge in [-0.1, -0.05) is 116 Å². The number of nitrogens with one attached hydrogen (secondary N) is 8. The first-order valence-corrected chi connectivity index (χ1v) is 37.5. The Kier molecular flexibility index (Phi) is 37.0. The van der Waals surface area contributed by atoms with Crippen LogP contribution in [0, 0.1) is 35.5 Å². The number of ketones is 4. The largest absolute Gasteiger partial charge is 0.480 e. The highest BCUT2D eigenvalue weighted by atomic mass is 16.5. The number of carboxylic acids is 2. The number of para-hydroxylation sites is 1. The first-order chi connectivity index (χ1) is 52.0. The highest BCUT2D eigenvalue weighted by Gasteiger charge is 2.34. The zero-order valence-corrected chi connectivity index (χ0v) is 64.0. The summed E-state index contributed by atoms with van der Waals surface area (Å²) >= 11 is 0. The maximum atomic E-state index is 14.5. The van der Waals surface area contributed by atoms with Crippen LogP contribution in [0.2, 0.25) is 0 Å². The number of Topliss-reactive ketones (excluding diaryl/α,β-unsaturated/α-hetero) is 4. The molecule has 0 unspecified atom stereocenters. The smallest absolute Gasteiger partial charge is 0.317 e. The van der Waals surface area contributed by atoms with Crippen LogP contribution in [0.3, 0.4) is 0 Å². The molecule has 5 aromatic rings. The minimum absolute atomic E-state index is 0.0105. The van der Waals surface area contributed by atoms with Crippen molar-refractivity contribution in [3.8, 4) is 0 Å². The van der Waals surface area contributed by atoms with Crippen molar-refractivity contribution in [3.63, 3.8) is 0 Å². The number of aromatic amines is 2. The van der Waals surface area contributed by atoms with E-state index in [9.17, 15) is 72.5 Å². The molecule has 0 bridgehead atoms. The number of anilines is 1. The Bertz CT molecular complexity index is 3750. The average molecular weight is 1510 g/mol. The van der Waals surface area contributed by atoms with E-state index in [1.54, 1.807) is 95.5 Å². The summed E-state index contributed by atoms with van der Waals surface area (Å²) < 4.78 is 10.4. The molecule has 594 valence electrons. The van der Waals surface area contributed by atoms with Gasteiger partial charge >= 0.3 is 11.9 Å². The van der Waals surface area contributed by atoms with Gasteiger partial charge in [-0.2, -0.15) is 0 Å². The molecule has 1 aliphatic heterocycles. The van der Waals surface area contributed by atoms with E-state index < -0.39 is 114 Å². The van der Waals surface area contributed by atoms with Crippen LogP contribution in [0.5, 0.6) is 0 Å². The van der Waals surface area contributed by atoms with Gasteiger partial charge in [-0.25, -0.2) is 4.98 Å². The lowest BCUT2D eigenvalue weighted by molar-refractivity contribution is -0.139. The maximum Gasteiger partial charge on any atom is 0.317 e. The standard InChI is InChI=1S/C79H111N13O17/c1-51(2)32-58(33-52(3)4)37-70(97)66(39-61-42-80-48-83-61)85-71(98)23-22-67(94)77(53(5)6)88-79(107)55(8)35-69(96)65(38-59-41-81-63-17-13-12-16-62(59)63)87-78(106)54(7)34-68(95)64(36-56-14-10-9-11-15-56)86-74(101)47-108-46-73(100)84-60-20-18-57(19-21-60)40-82-72(99)43-89-24-26-90(44-75(102)103)28-30-92(49-109-50-93)31-29-91(27-25-89)45-76(104)105/h9-21,41-42,48,50-55,58,64-66,77,81H,22-40,43-47,49H2,1-8H3,(H,80,83)(H,82,99)(H,84,100)(H,85,98)(H,86,101)(H,87,106)(H,88,107)(H,102,103)(H,104,105)/t54-,55-,64-,65+,66+,77+/m1/s1. The second kappa shape index (κ2) is 45.8. The highest BCUT2D eigenvalue weighted by Crippen LogP contribution is 2.26. The molecule has 6 atom stereocenters. The van der Waals surface area contributed by atoms with Gasteiger partial charge in [0, 0.05) is 150 Å². The molecule has 1 saturated heterocycles. The highest BCUT2D eigenvalue weighted by molar-refractivity contribution is 5.98. The number of aromatic nitrogens is 3. The predicted molar refractivity (Wildman–Crippen MR) is 407 cm³/mol. The first kappa shape index (κ1) is 88.0. The summed E-state index contributed by atoms with van der Waals surface area (Å²) in [7, 11) is 0. The molecule has 10 N–H and O–H groups in total. The fourth-order valence-corrected chi connectivity index (χ4v) is 13.2. The van der Waals surface area contributed by atoms with Crippen LogP contribution in [0.1, 0.15) is 123 Å². The Morgan fingerprint density at radius 1 is 0.532 bits per heavy atom. The lowest BCUT2D eigenvalue weighted by atomic mass is 9.84. The van der Waals surface area contributed by atoms with E-state index in [0.717, 1.165) is 23.7 Å². The fraction of sp³-hybridized carbons (Fsp3) is 0.544. The van der Waals surface area contributed by atoms with Crippen LogP contribution in [-0.2, 0) is 97.6 Å². The topological polar surface area (TPSA) is 410 Å². The molecule has 3 aromatic carbocycles. The fourth-order valence-electron chi connectivity index (χ4n) is 13.2. The second-order valence-corrected chi connectivity index (χ2v) is 29.6. The van der Waals surface area contributed by atoms with Crippen LogP contribution in [0.4, 0.5) is 5.69 Å². The lowest BCUT2D eigenvalue weighted by Crippen LogP contribution is -2.49. The quantitative estimate of drug-likeness (QED) is 0.0239. The molecule has 1 fully saturated rings. The summed E-state index contributed by atoms with van der Waals surface area (Å²) in [5.74, 6) is -8.55. The van der Waals surface area contributed by atoms with Crippen LogP contribution >= 0.6 is 0 Å². The normalized spacial score (nSPS) is 15.3. The van der Waals surface area contributed by atoms with Crippen LogP contribution < -0.4 is 31.9 Å². The van der Waals surface area contributed by atoms with E-state index in [2.05, 4.69) is 74.5 Å². The molecule has 0 radical (unpaired) electrons. The molecule has 109 heavy (non-hydrogen) atoms. The summed E-state index contributed by atoms with van der Waals surface area (Å²) in [6.45, 7) is 16.2. The van der Waals surface area contributed by atoms with Crippen LogP contribution in [-0.4, -0.2) is 238 Å². The minimum atomic E-state index is -1.19. The summed E-state index contributed by atoms with van der Waals surface area (Å²) in [5, 5.41) is 36.8. The second-order valence-electron chi connectivity index (χ2n) is 29.6. The molecule has 0 aliphatic carbocycles. The van der Waals surface area contributed by atoms with Crippen LogP contribution in [0.15, 0.2) is 97.6 Å². The number of ether oxygens (including phenoxy) is 2. The van der Waals surface area contributed by atoms with Crippen molar-refractivity contribution in [2.75, 3.05) is 97.3 Å². The van der Waals surface area contributed by atoms with Crippen molar-refractivity contribution in [1.82, 2.24) is 61.1 Å².